The molecule has 21 heavy (non-hydrogen) atoms. The van der Waals surface area contributed by atoms with E-state index in [1.165, 1.54) is 24.8 Å². The highest BCUT2D eigenvalue weighted by Crippen LogP contribution is 2.09. The molecule has 0 spiro atoms. The van der Waals surface area contributed by atoms with Crippen molar-refractivity contribution in [2.24, 2.45) is 0 Å². The third-order valence-electron chi connectivity index (χ3n) is 3.05. The van der Waals surface area contributed by atoms with Crippen LogP contribution in [0.2, 0.25) is 0 Å². The summed E-state index contributed by atoms with van der Waals surface area (Å²) < 4.78 is 0. The van der Waals surface area contributed by atoms with E-state index in [9.17, 15) is 4.79 Å². The molecule has 2 aromatic heterocycles. The number of hydrogen-bond donors (Lipinski definition) is 1. The largest absolute Gasteiger partial charge is 0.319 e. The first-order chi connectivity index (χ1) is 9.79. The number of nitrogens with one attached hydrogen (secondary N) is 1. The van der Waals surface area contributed by atoms with Crippen molar-refractivity contribution >= 4 is 24.0 Å². The molecule has 0 fully saturated rings. The minimum atomic E-state index is -0.210. The summed E-state index contributed by atoms with van der Waals surface area (Å²) in [5, 5.41) is 2.77. The Balaban J connectivity index is 0.00000220. The van der Waals surface area contributed by atoms with Crippen LogP contribution in [-0.2, 0) is 6.42 Å². The third kappa shape index (κ3) is 5.52. The number of anilines is 1. The SMILES string of the molecule is CCCCCc1ccc(C(=O)Nc2cccnc2)nc1.Cl. The fraction of sp³-hybridized carbons (Fsp3) is 0.312. The first-order valence-electron chi connectivity index (χ1n) is 6.96. The molecule has 112 valence electrons. The molecule has 0 aliphatic rings. The highest BCUT2D eigenvalue weighted by Gasteiger charge is 2.07. The second-order valence-electron chi connectivity index (χ2n) is 4.70. The quantitative estimate of drug-likeness (QED) is 0.824. The van der Waals surface area contributed by atoms with Gasteiger partial charge in [0.05, 0.1) is 11.9 Å². The zero-order valence-electron chi connectivity index (χ0n) is 12.1. The van der Waals surface area contributed by atoms with E-state index in [1.807, 2.05) is 6.07 Å². The van der Waals surface area contributed by atoms with Crippen LogP contribution < -0.4 is 5.32 Å². The monoisotopic (exact) mass is 305 g/mol. The van der Waals surface area contributed by atoms with Crippen molar-refractivity contribution in [2.75, 3.05) is 5.32 Å². The third-order valence-corrected chi connectivity index (χ3v) is 3.05. The van der Waals surface area contributed by atoms with E-state index in [0.29, 0.717) is 11.4 Å². The Morgan fingerprint density at radius 1 is 1.19 bits per heavy atom. The Labute approximate surface area is 131 Å². The zero-order valence-corrected chi connectivity index (χ0v) is 12.9. The maximum absolute atomic E-state index is 12.0. The molecule has 0 aliphatic carbocycles. The molecule has 5 heteroatoms. The molecule has 0 atom stereocenters. The number of unbranched alkanes of at least 4 members (excludes halogenated alkanes) is 2. The summed E-state index contributed by atoms with van der Waals surface area (Å²) in [5.41, 5.74) is 2.27. The van der Waals surface area contributed by atoms with Crippen molar-refractivity contribution in [2.45, 2.75) is 32.6 Å². The van der Waals surface area contributed by atoms with E-state index in [-0.39, 0.29) is 18.3 Å². The van der Waals surface area contributed by atoms with Crippen molar-refractivity contribution in [3.63, 3.8) is 0 Å². The van der Waals surface area contributed by atoms with E-state index in [4.69, 9.17) is 0 Å². The molecule has 2 heterocycles. The van der Waals surface area contributed by atoms with Crippen LogP contribution >= 0.6 is 12.4 Å². The Morgan fingerprint density at radius 2 is 2.05 bits per heavy atom. The second kappa shape index (κ2) is 9.08. The number of nitrogens with zero attached hydrogens (tertiary/aromatic N) is 2. The van der Waals surface area contributed by atoms with Gasteiger partial charge in [-0.05, 0) is 36.6 Å². The fourth-order valence-electron chi connectivity index (χ4n) is 1.92. The average molecular weight is 306 g/mol. The van der Waals surface area contributed by atoms with E-state index >= 15 is 0 Å². The van der Waals surface area contributed by atoms with Crippen molar-refractivity contribution < 1.29 is 4.79 Å². The number of carbonyl (C=O) groups excluding carboxylic acids is 1. The Morgan fingerprint density at radius 3 is 2.67 bits per heavy atom. The number of carbonyl (C=O) groups is 1. The van der Waals surface area contributed by atoms with E-state index in [1.54, 1.807) is 36.8 Å². The molecule has 0 saturated heterocycles. The summed E-state index contributed by atoms with van der Waals surface area (Å²) in [6.45, 7) is 2.18. The molecule has 0 aromatic carbocycles. The molecule has 0 radical (unpaired) electrons. The molecule has 4 nitrogen and oxygen atoms in total. The standard InChI is InChI=1S/C16H19N3O.ClH/c1-2-3-4-6-13-8-9-15(18-11-13)16(20)19-14-7-5-10-17-12-14;/h5,7-12H,2-4,6H2,1H3,(H,19,20);1H. The van der Waals surface area contributed by atoms with E-state index in [0.717, 1.165) is 6.42 Å². The summed E-state index contributed by atoms with van der Waals surface area (Å²) in [6.07, 6.45) is 9.68. The summed E-state index contributed by atoms with van der Waals surface area (Å²) in [6, 6.07) is 7.32. The van der Waals surface area contributed by atoms with Crippen LogP contribution in [0, 0.1) is 0 Å². The van der Waals surface area contributed by atoms with Gasteiger partial charge in [-0.1, -0.05) is 25.8 Å². The van der Waals surface area contributed by atoms with Crippen molar-refractivity contribution in [1.82, 2.24) is 9.97 Å². The van der Waals surface area contributed by atoms with Crippen molar-refractivity contribution in [3.8, 4) is 0 Å². The molecule has 2 rings (SSSR count). The summed E-state index contributed by atoms with van der Waals surface area (Å²) in [5.74, 6) is -0.210. The summed E-state index contributed by atoms with van der Waals surface area (Å²) in [4.78, 5) is 20.2. The molecular formula is C16H20ClN3O. The fourth-order valence-corrected chi connectivity index (χ4v) is 1.92. The van der Waals surface area contributed by atoms with Crippen molar-refractivity contribution in [1.29, 1.82) is 0 Å². The van der Waals surface area contributed by atoms with Crippen LogP contribution in [0.1, 0.15) is 42.2 Å². The first-order valence-corrected chi connectivity index (χ1v) is 6.96. The highest BCUT2D eigenvalue weighted by molar-refractivity contribution is 6.02. The van der Waals surface area contributed by atoms with Gasteiger partial charge in [-0.15, -0.1) is 12.4 Å². The van der Waals surface area contributed by atoms with Crippen molar-refractivity contribution in [3.05, 3.63) is 54.1 Å². The van der Waals surface area contributed by atoms with Gasteiger partial charge in [-0.25, -0.2) is 0 Å². The lowest BCUT2D eigenvalue weighted by molar-refractivity contribution is 0.102. The number of hydrogen-bond acceptors (Lipinski definition) is 3. The Bertz CT molecular complexity index is 543. The lowest BCUT2D eigenvalue weighted by atomic mass is 10.1. The van der Waals surface area contributed by atoms with Gasteiger partial charge >= 0.3 is 0 Å². The van der Waals surface area contributed by atoms with Crippen LogP contribution in [0.4, 0.5) is 5.69 Å². The van der Waals surface area contributed by atoms with Gasteiger partial charge in [-0.3, -0.25) is 14.8 Å². The topological polar surface area (TPSA) is 54.9 Å². The molecule has 2 aromatic rings. The zero-order chi connectivity index (χ0) is 14.2. The van der Waals surface area contributed by atoms with Gasteiger partial charge in [0, 0.05) is 12.4 Å². The van der Waals surface area contributed by atoms with Crippen LogP contribution in [0.25, 0.3) is 0 Å². The van der Waals surface area contributed by atoms with Gasteiger partial charge in [-0.2, -0.15) is 0 Å². The second-order valence-corrected chi connectivity index (χ2v) is 4.70. The molecule has 0 bridgehead atoms. The Kier molecular flexibility index (Phi) is 7.40. The van der Waals surface area contributed by atoms with Crippen LogP contribution in [-0.4, -0.2) is 15.9 Å². The van der Waals surface area contributed by atoms with Gasteiger partial charge in [0.15, 0.2) is 0 Å². The van der Waals surface area contributed by atoms with Crippen LogP contribution in [0.3, 0.4) is 0 Å². The number of aryl methyl sites for hydroxylation is 1. The first kappa shape index (κ1) is 17.1. The number of amides is 1. The van der Waals surface area contributed by atoms with Crippen LogP contribution in [0.5, 0.6) is 0 Å². The number of rotatable bonds is 6. The molecule has 1 N–H and O–H groups in total. The normalized spacial score (nSPS) is 9.76. The predicted octanol–water partition coefficient (Wildman–Crippen LogP) is 3.88. The summed E-state index contributed by atoms with van der Waals surface area (Å²) >= 11 is 0. The molecule has 0 unspecified atom stereocenters. The smallest absolute Gasteiger partial charge is 0.274 e. The van der Waals surface area contributed by atoms with E-state index < -0.39 is 0 Å². The lowest BCUT2D eigenvalue weighted by Gasteiger charge is -2.05. The number of halogens is 1. The number of pyridine rings is 2. The molecule has 1 amide bonds. The molecular weight excluding hydrogens is 286 g/mol. The van der Waals surface area contributed by atoms with Gasteiger partial charge in [0.25, 0.3) is 5.91 Å². The average Bonchev–Trinajstić information content (AvgIpc) is 2.49. The maximum Gasteiger partial charge on any atom is 0.274 e. The predicted molar refractivity (Wildman–Crippen MR) is 86.9 cm³/mol. The van der Waals surface area contributed by atoms with Gasteiger partial charge in [0.2, 0.25) is 0 Å². The van der Waals surface area contributed by atoms with E-state index in [2.05, 4.69) is 22.2 Å². The minimum absolute atomic E-state index is 0. The molecule has 0 saturated carbocycles. The summed E-state index contributed by atoms with van der Waals surface area (Å²) in [7, 11) is 0. The van der Waals surface area contributed by atoms with Gasteiger partial charge < -0.3 is 5.32 Å². The number of aromatic nitrogens is 2. The maximum atomic E-state index is 12.0. The minimum Gasteiger partial charge on any atom is -0.319 e. The van der Waals surface area contributed by atoms with Gasteiger partial charge in [0.1, 0.15) is 5.69 Å². The molecule has 0 aliphatic heterocycles. The lowest BCUT2D eigenvalue weighted by Crippen LogP contribution is -2.13. The Hall–Kier alpha value is -1.94. The highest BCUT2D eigenvalue weighted by atomic mass is 35.5. The van der Waals surface area contributed by atoms with Crippen LogP contribution in [0.15, 0.2) is 42.9 Å².